The molecule has 0 saturated carbocycles. The molecular formula is C21H20Cl2N2. The lowest BCUT2D eigenvalue weighted by molar-refractivity contribution is 0.220. The average molecular weight is 371 g/mol. The molecule has 0 amide bonds. The van der Waals surface area contributed by atoms with Crippen molar-refractivity contribution in [2.75, 3.05) is 6.54 Å². The minimum atomic E-state index is 0.174. The third-order valence-electron chi connectivity index (χ3n) is 4.84. The molecule has 2 aromatic carbocycles. The SMILES string of the molecule is Clc1ccc(C2c3cccn3CCCN2Cc2ccccc2)cc1Cl. The minimum absolute atomic E-state index is 0.174. The molecule has 2 heterocycles. The van der Waals surface area contributed by atoms with Crippen molar-refractivity contribution >= 4 is 23.2 Å². The Morgan fingerprint density at radius 2 is 1.72 bits per heavy atom. The van der Waals surface area contributed by atoms with Gasteiger partial charge in [-0.25, -0.2) is 0 Å². The van der Waals surface area contributed by atoms with Crippen molar-refractivity contribution in [3.8, 4) is 0 Å². The van der Waals surface area contributed by atoms with Gasteiger partial charge in [0.1, 0.15) is 0 Å². The molecule has 2 nitrogen and oxygen atoms in total. The largest absolute Gasteiger partial charge is 0.350 e. The molecule has 4 rings (SSSR count). The zero-order chi connectivity index (χ0) is 17.2. The second kappa shape index (κ2) is 7.25. The molecule has 0 saturated heterocycles. The predicted octanol–water partition coefficient (Wildman–Crippen LogP) is 5.79. The van der Waals surface area contributed by atoms with Crippen molar-refractivity contribution in [3.05, 3.63) is 93.7 Å². The summed E-state index contributed by atoms with van der Waals surface area (Å²) in [5.41, 5.74) is 3.83. The van der Waals surface area contributed by atoms with Gasteiger partial charge in [-0.15, -0.1) is 0 Å². The van der Waals surface area contributed by atoms with Gasteiger partial charge < -0.3 is 4.57 Å². The van der Waals surface area contributed by atoms with Gasteiger partial charge in [0.2, 0.25) is 0 Å². The molecule has 0 N–H and O–H groups in total. The van der Waals surface area contributed by atoms with Gasteiger partial charge in [0.15, 0.2) is 0 Å². The van der Waals surface area contributed by atoms with Gasteiger partial charge in [0.25, 0.3) is 0 Å². The molecule has 1 atom stereocenters. The lowest BCUT2D eigenvalue weighted by Crippen LogP contribution is -2.29. The summed E-state index contributed by atoms with van der Waals surface area (Å²) in [5, 5.41) is 1.21. The summed E-state index contributed by atoms with van der Waals surface area (Å²) in [4.78, 5) is 2.54. The van der Waals surface area contributed by atoms with Gasteiger partial charge in [0, 0.05) is 31.5 Å². The Labute approximate surface area is 158 Å². The van der Waals surface area contributed by atoms with Gasteiger partial charge >= 0.3 is 0 Å². The van der Waals surface area contributed by atoms with Crippen molar-refractivity contribution in [2.45, 2.75) is 25.6 Å². The van der Waals surface area contributed by atoms with Crippen molar-refractivity contribution < 1.29 is 0 Å². The van der Waals surface area contributed by atoms with Gasteiger partial charge in [-0.05, 0) is 41.8 Å². The number of hydrogen-bond acceptors (Lipinski definition) is 1. The van der Waals surface area contributed by atoms with Crippen LogP contribution in [0.4, 0.5) is 0 Å². The van der Waals surface area contributed by atoms with E-state index in [1.54, 1.807) is 0 Å². The first-order chi connectivity index (χ1) is 12.2. The van der Waals surface area contributed by atoms with E-state index in [4.69, 9.17) is 23.2 Å². The number of hydrogen-bond donors (Lipinski definition) is 0. The summed E-state index contributed by atoms with van der Waals surface area (Å²) < 4.78 is 2.36. The van der Waals surface area contributed by atoms with Crippen LogP contribution < -0.4 is 0 Å². The predicted molar refractivity (Wildman–Crippen MR) is 104 cm³/mol. The number of aryl methyl sites for hydroxylation is 1. The van der Waals surface area contributed by atoms with E-state index in [1.807, 2.05) is 12.1 Å². The Morgan fingerprint density at radius 3 is 2.52 bits per heavy atom. The normalized spacial score (nSPS) is 17.9. The molecule has 0 fully saturated rings. The quantitative estimate of drug-likeness (QED) is 0.566. The molecule has 0 spiro atoms. The van der Waals surface area contributed by atoms with E-state index in [1.165, 1.54) is 16.8 Å². The van der Waals surface area contributed by atoms with E-state index < -0.39 is 0 Å². The second-order valence-electron chi connectivity index (χ2n) is 6.51. The maximum atomic E-state index is 6.33. The van der Waals surface area contributed by atoms with E-state index in [0.717, 1.165) is 26.1 Å². The van der Waals surface area contributed by atoms with E-state index in [2.05, 4.69) is 64.2 Å². The van der Waals surface area contributed by atoms with Crippen LogP contribution in [0.5, 0.6) is 0 Å². The lowest BCUT2D eigenvalue weighted by atomic mass is 10.0. The van der Waals surface area contributed by atoms with Crippen LogP contribution in [0.3, 0.4) is 0 Å². The first-order valence-corrected chi connectivity index (χ1v) is 9.36. The van der Waals surface area contributed by atoms with Gasteiger partial charge in [0.05, 0.1) is 16.1 Å². The molecule has 1 aliphatic rings. The molecule has 3 aromatic rings. The standard InChI is InChI=1S/C21H20Cl2N2/c22-18-10-9-17(14-19(18)23)21-20-8-4-11-24(20)12-5-13-25(21)15-16-6-2-1-3-7-16/h1-4,6-11,14,21H,5,12-13,15H2. The number of nitrogens with zero attached hydrogens (tertiary/aromatic N) is 2. The maximum Gasteiger partial charge on any atom is 0.0759 e. The van der Waals surface area contributed by atoms with Gasteiger partial charge in [-0.2, -0.15) is 0 Å². The van der Waals surface area contributed by atoms with Crippen LogP contribution in [0.15, 0.2) is 66.9 Å². The zero-order valence-corrected chi connectivity index (χ0v) is 15.4. The Balaban J connectivity index is 1.76. The van der Waals surface area contributed by atoms with E-state index in [-0.39, 0.29) is 6.04 Å². The number of halogens is 2. The molecular weight excluding hydrogens is 351 g/mol. The molecule has 128 valence electrons. The fourth-order valence-electron chi connectivity index (χ4n) is 3.69. The molecule has 25 heavy (non-hydrogen) atoms. The monoisotopic (exact) mass is 370 g/mol. The first kappa shape index (κ1) is 16.7. The van der Waals surface area contributed by atoms with E-state index >= 15 is 0 Å². The highest BCUT2D eigenvalue weighted by Crippen LogP contribution is 2.35. The van der Waals surface area contributed by atoms with Crippen LogP contribution in [0, 0.1) is 0 Å². The van der Waals surface area contributed by atoms with Crippen molar-refractivity contribution in [1.29, 1.82) is 0 Å². The maximum absolute atomic E-state index is 6.33. The Kier molecular flexibility index (Phi) is 4.85. The van der Waals surface area contributed by atoms with Crippen LogP contribution in [0.1, 0.15) is 29.3 Å². The summed E-state index contributed by atoms with van der Waals surface area (Å²) in [6.07, 6.45) is 3.30. The number of benzene rings is 2. The topological polar surface area (TPSA) is 8.17 Å². The molecule has 0 radical (unpaired) electrons. The van der Waals surface area contributed by atoms with E-state index in [0.29, 0.717) is 10.0 Å². The summed E-state index contributed by atoms with van der Waals surface area (Å²) in [7, 11) is 0. The van der Waals surface area contributed by atoms with Crippen molar-refractivity contribution in [2.24, 2.45) is 0 Å². The fourth-order valence-corrected chi connectivity index (χ4v) is 4.00. The summed E-state index contributed by atoms with van der Waals surface area (Å²) >= 11 is 12.5. The lowest BCUT2D eigenvalue weighted by Gasteiger charge is -2.31. The summed E-state index contributed by atoms with van der Waals surface area (Å²) in [6.45, 7) is 3.00. The zero-order valence-electron chi connectivity index (χ0n) is 13.9. The van der Waals surface area contributed by atoms with Gasteiger partial charge in [-0.1, -0.05) is 59.6 Å². The molecule has 0 aliphatic carbocycles. The number of rotatable bonds is 3. The first-order valence-electron chi connectivity index (χ1n) is 8.60. The Hall–Kier alpha value is -1.74. The van der Waals surface area contributed by atoms with Crippen molar-refractivity contribution in [1.82, 2.24) is 9.47 Å². The summed E-state index contributed by atoms with van der Waals surface area (Å²) in [6, 6.07) is 21.2. The third kappa shape index (κ3) is 3.48. The average Bonchev–Trinajstić information content (AvgIpc) is 3.00. The molecule has 1 aliphatic heterocycles. The smallest absolute Gasteiger partial charge is 0.0759 e. The fraction of sp³-hybridized carbons (Fsp3) is 0.238. The Morgan fingerprint density at radius 1 is 0.880 bits per heavy atom. The Bertz CT molecular complexity index is 857. The summed E-state index contributed by atoms with van der Waals surface area (Å²) in [5.74, 6) is 0. The minimum Gasteiger partial charge on any atom is -0.350 e. The van der Waals surface area contributed by atoms with Crippen LogP contribution in [-0.4, -0.2) is 16.0 Å². The van der Waals surface area contributed by atoms with E-state index in [9.17, 15) is 0 Å². The van der Waals surface area contributed by atoms with Crippen LogP contribution in [-0.2, 0) is 13.1 Å². The number of fused-ring (bicyclic) bond motifs is 1. The molecule has 1 unspecified atom stereocenters. The van der Waals surface area contributed by atoms with Crippen LogP contribution in [0.25, 0.3) is 0 Å². The second-order valence-corrected chi connectivity index (χ2v) is 7.33. The molecule has 0 bridgehead atoms. The van der Waals surface area contributed by atoms with Crippen LogP contribution in [0.2, 0.25) is 10.0 Å². The highest BCUT2D eigenvalue weighted by Gasteiger charge is 2.27. The number of aromatic nitrogens is 1. The van der Waals surface area contributed by atoms with Gasteiger partial charge in [-0.3, -0.25) is 4.90 Å². The van der Waals surface area contributed by atoms with Crippen molar-refractivity contribution in [3.63, 3.8) is 0 Å². The molecule has 1 aromatic heterocycles. The highest BCUT2D eigenvalue weighted by atomic mass is 35.5. The third-order valence-corrected chi connectivity index (χ3v) is 5.58. The van der Waals surface area contributed by atoms with Crippen LogP contribution >= 0.6 is 23.2 Å². The highest BCUT2D eigenvalue weighted by molar-refractivity contribution is 6.42. The molecule has 4 heteroatoms.